The summed E-state index contributed by atoms with van der Waals surface area (Å²) in [6.07, 6.45) is 2.83. The third kappa shape index (κ3) is 4.12. The van der Waals surface area contributed by atoms with E-state index in [1.165, 1.54) is 23.5 Å². The van der Waals surface area contributed by atoms with Crippen molar-refractivity contribution in [2.24, 2.45) is 0 Å². The second kappa shape index (κ2) is 7.16. The Morgan fingerprint density at radius 3 is 2.40 bits per heavy atom. The molecule has 0 unspecified atom stereocenters. The smallest absolute Gasteiger partial charge is 0.268 e. The topological polar surface area (TPSA) is 67.3 Å². The van der Waals surface area contributed by atoms with Gasteiger partial charge >= 0.3 is 0 Å². The normalized spacial score (nSPS) is 11.2. The number of anilines is 1. The first kappa shape index (κ1) is 17.3. The number of sulfone groups is 1. The van der Waals surface area contributed by atoms with E-state index in [9.17, 15) is 13.2 Å². The van der Waals surface area contributed by atoms with Crippen molar-refractivity contribution in [2.75, 3.05) is 11.2 Å². The maximum atomic E-state index is 12.9. The minimum atomic E-state index is -3.28. The number of carbonyl (C=O) groups excluding carboxylic acids is 1. The number of thiophene rings is 1. The van der Waals surface area contributed by atoms with E-state index in [1.54, 1.807) is 29.3 Å². The Bertz CT molecular complexity index is 951. The van der Waals surface area contributed by atoms with Crippen LogP contribution in [-0.4, -0.2) is 25.6 Å². The summed E-state index contributed by atoms with van der Waals surface area (Å²) in [6.45, 7) is 0.301. The summed E-state index contributed by atoms with van der Waals surface area (Å²) in [5.41, 5.74) is 1.37. The fourth-order valence-electron chi connectivity index (χ4n) is 2.34. The van der Waals surface area contributed by atoms with Crippen molar-refractivity contribution in [2.45, 2.75) is 11.4 Å². The zero-order valence-corrected chi connectivity index (χ0v) is 15.1. The molecule has 0 bridgehead atoms. The van der Waals surface area contributed by atoms with Crippen molar-refractivity contribution >= 4 is 32.8 Å². The second-order valence-electron chi connectivity index (χ2n) is 5.46. The lowest BCUT2D eigenvalue weighted by molar-refractivity contribution is 0.0988. The molecule has 0 fully saturated rings. The Hall–Kier alpha value is -2.51. The summed E-state index contributed by atoms with van der Waals surface area (Å²) >= 11 is 1.36. The number of hydrogen-bond acceptors (Lipinski definition) is 5. The first-order valence-corrected chi connectivity index (χ1v) is 10.3. The molecule has 3 rings (SSSR count). The third-order valence-electron chi connectivity index (χ3n) is 3.60. The highest BCUT2D eigenvalue weighted by Gasteiger charge is 2.20. The molecule has 0 aliphatic rings. The molecule has 2 heterocycles. The highest BCUT2D eigenvalue weighted by atomic mass is 32.2. The third-order valence-corrected chi connectivity index (χ3v) is 5.59. The standard InChI is InChI=1S/C18H16N2O3S2/c1-25(22,23)16-9-7-15(8-10-16)20(13-14-5-2-3-11-19-14)18(21)17-6-4-12-24-17/h2-12H,13H2,1H3. The predicted molar refractivity (Wildman–Crippen MR) is 98.6 cm³/mol. The molecule has 0 saturated heterocycles. The predicted octanol–water partition coefficient (Wildman–Crippen LogP) is 3.39. The van der Waals surface area contributed by atoms with Crippen LogP contribution in [0.15, 0.2) is 71.1 Å². The first-order chi connectivity index (χ1) is 11.9. The molecule has 0 atom stereocenters. The quantitative estimate of drug-likeness (QED) is 0.688. The summed E-state index contributed by atoms with van der Waals surface area (Å²) in [5.74, 6) is -0.146. The summed E-state index contributed by atoms with van der Waals surface area (Å²) < 4.78 is 23.3. The summed E-state index contributed by atoms with van der Waals surface area (Å²) in [5, 5.41) is 1.85. The number of nitrogens with zero attached hydrogens (tertiary/aromatic N) is 2. The van der Waals surface area contributed by atoms with Gasteiger partial charge in [-0.05, 0) is 47.8 Å². The average Bonchev–Trinajstić information content (AvgIpc) is 3.14. The highest BCUT2D eigenvalue weighted by Crippen LogP contribution is 2.23. The van der Waals surface area contributed by atoms with Gasteiger partial charge in [0, 0.05) is 18.1 Å². The van der Waals surface area contributed by atoms with Crippen LogP contribution in [-0.2, 0) is 16.4 Å². The van der Waals surface area contributed by atoms with Crippen molar-refractivity contribution in [1.29, 1.82) is 0 Å². The average molecular weight is 372 g/mol. The Balaban J connectivity index is 1.97. The van der Waals surface area contributed by atoms with Crippen molar-refractivity contribution in [3.63, 3.8) is 0 Å². The van der Waals surface area contributed by atoms with Crippen molar-refractivity contribution in [3.8, 4) is 0 Å². The van der Waals surface area contributed by atoms with Gasteiger partial charge in [0.25, 0.3) is 5.91 Å². The SMILES string of the molecule is CS(=O)(=O)c1ccc(N(Cc2ccccn2)C(=O)c2cccs2)cc1. The van der Waals surface area contributed by atoms with Gasteiger partial charge in [-0.2, -0.15) is 0 Å². The Kier molecular flexibility index (Phi) is 4.96. The van der Waals surface area contributed by atoms with Crippen LogP contribution < -0.4 is 4.90 Å². The number of aromatic nitrogens is 1. The van der Waals surface area contributed by atoms with Crippen molar-refractivity contribution in [1.82, 2.24) is 4.98 Å². The summed E-state index contributed by atoms with van der Waals surface area (Å²) in [7, 11) is -3.28. The van der Waals surface area contributed by atoms with Crippen LogP contribution in [0.5, 0.6) is 0 Å². The van der Waals surface area contributed by atoms with E-state index in [2.05, 4.69) is 4.98 Å². The van der Waals surface area contributed by atoms with Crippen LogP contribution in [0.3, 0.4) is 0 Å². The maximum absolute atomic E-state index is 12.9. The van der Waals surface area contributed by atoms with Crippen LogP contribution in [0.4, 0.5) is 5.69 Å². The minimum absolute atomic E-state index is 0.146. The molecule has 0 radical (unpaired) electrons. The number of rotatable bonds is 5. The number of benzene rings is 1. The van der Waals surface area contributed by atoms with Gasteiger partial charge in [0.2, 0.25) is 0 Å². The molecular weight excluding hydrogens is 356 g/mol. The number of hydrogen-bond donors (Lipinski definition) is 0. The van der Waals surface area contributed by atoms with Gasteiger partial charge in [0.15, 0.2) is 9.84 Å². The van der Waals surface area contributed by atoms with Gasteiger partial charge in [-0.1, -0.05) is 12.1 Å². The van der Waals surface area contributed by atoms with E-state index >= 15 is 0 Å². The lowest BCUT2D eigenvalue weighted by atomic mass is 10.2. The van der Waals surface area contributed by atoms with Crippen LogP contribution in [0.25, 0.3) is 0 Å². The molecule has 1 amide bonds. The van der Waals surface area contributed by atoms with Crippen LogP contribution in [0, 0.1) is 0 Å². The number of carbonyl (C=O) groups is 1. The van der Waals surface area contributed by atoms with Crippen molar-refractivity contribution < 1.29 is 13.2 Å². The highest BCUT2D eigenvalue weighted by molar-refractivity contribution is 7.90. The first-order valence-electron chi connectivity index (χ1n) is 7.50. The molecule has 0 saturated carbocycles. The van der Waals surface area contributed by atoms with Gasteiger partial charge in [-0.25, -0.2) is 8.42 Å². The second-order valence-corrected chi connectivity index (χ2v) is 8.42. The molecule has 25 heavy (non-hydrogen) atoms. The molecular formula is C18H16N2O3S2. The van der Waals surface area contributed by atoms with Gasteiger partial charge in [-0.15, -0.1) is 11.3 Å². The molecule has 0 aliphatic carbocycles. The van der Waals surface area contributed by atoms with E-state index in [0.717, 1.165) is 11.9 Å². The molecule has 5 nitrogen and oxygen atoms in total. The van der Waals surface area contributed by atoms with E-state index in [1.807, 2.05) is 29.6 Å². The van der Waals surface area contributed by atoms with Gasteiger partial charge in [-0.3, -0.25) is 9.78 Å². The van der Waals surface area contributed by atoms with Crippen LogP contribution in [0.1, 0.15) is 15.4 Å². The summed E-state index contributed by atoms with van der Waals surface area (Å²) in [6, 6.07) is 15.4. The zero-order chi connectivity index (χ0) is 17.9. The Morgan fingerprint density at radius 1 is 1.08 bits per heavy atom. The molecule has 0 aliphatic heterocycles. The fourth-order valence-corrected chi connectivity index (χ4v) is 3.64. The molecule has 7 heteroatoms. The number of amides is 1. The zero-order valence-electron chi connectivity index (χ0n) is 13.5. The van der Waals surface area contributed by atoms with Crippen molar-refractivity contribution in [3.05, 3.63) is 76.7 Å². The molecule has 3 aromatic rings. The Morgan fingerprint density at radius 2 is 1.84 bits per heavy atom. The molecule has 1 aromatic carbocycles. The van der Waals surface area contributed by atoms with E-state index < -0.39 is 9.84 Å². The fraction of sp³-hybridized carbons (Fsp3) is 0.111. The van der Waals surface area contributed by atoms with Crippen LogP contribution >= 0.6 is 11.3 Å². The van der Waals surface area contributed by atoms with Gasteiger partial charge in [0.1, 0.15) is 0 Å². The monoisotopic (exact) mass is 372 g/mol. The van der Waals surface area contributed by atoms with E-state index in [4.69, 9.17) is 0 Å². The molecule has 2 aromatic heterocycles. The lowest BCUT2D eigenvalue weighted by Crippen LogP contribution is -2.30. The van der Waals surface area contributed by atoms with E-state index in [0.29, 0.717) is 17.1 Å². The van der Waals surface area contributed by atoms with Gasteiger partial charge in [0.05, 0.1) is 22.0 Å². The number of pyridine rings is 1. The largest absolute Gasteiger partial charge is 0.302 e. The van der Waals surface area contributed by atoms with Gasteiger partial charge < -0.3 is 4.90 Å². The minimum Gasteiger partial charge on any atom is -0.302 e. The Labute approximate surface area is 150 Å². The molecule has 128 valence electrons. The molecule has 0 N–H and O–H groups in total. The summed E-state index contributed by atoms with van der Waals surface area (Å²) in [4.78, 5) is 19.6. The van der Waals surface area contributed by atoms with E-state index in [-0.39, 0.29) is 10.8 Å². The maximum Gasteiger partial charge on any atom is 0.268 e. The van der Waals surface area contributed by atoms with Crippen LogP contribution in [0.2, 0.25) is 0 Å². The molecule has 0 spiro atoms. The lowest BCUT2D eigenvalue weighted by Gasteiger charge is -2.22.